The van der Waals surface area contributed by atoms with Crippen molar-refractivity contribution >= 4 is 18.2 Å². The number of nitrogens with zero attached hydrogens (tertiary/aromatic N) is 5. The summed E-state index contributed by atoms with van der Waals surface area (Å²) >= 11 is 0. The first-order chi connectivity index (χ1) is 14.5. The Bertz CT molecular complexity index is 808. The van der Waals surface area contributed by atoms with E-state index in [-0.39, 0.29) is 18.7 Å². The van der Waals surface area contributed by atoms with E-state index >= 15 is 0 Å². The van der Waals surface area contributed by atoms with Crippen molar-refractivity contribution in [3.63, 3.8) is 0 Å². The number of anilines is 2. The first kappa shape index (κ1) is 22.0. The molecule has 0 saturated carbocycles. The fourth-order valence-electron chi connectivity index (χ4n) is 4.00. The zero-order valence-corrected chi connectivity index (χ0v) is 17.3. The highest BCUT2D eigenvalue weighted by atomic mass is 16.5. The van der Waals surface area contributed by atoms with E-state index < -0.39 is 0 Å². The summed E-state index contributed by atoms with van der Waals surface area (Å²) in [5.74, 6) is 2.86. The van der Waals surface area contributed by atoms with Gasteiger partial charge in [0.15, 0.2) is 0 Å². The van der Waals surface area contributed by atoms with Crippen LogP contribution in [-0.2, 0) is 16.0 Å². The maximum Gasteiger partial charge on any atom is 0.290 e. The lowest BCUT2D eigenvalue weighted by atomic mass is 10.0. The molecular formula is C20H29N5O5. The van der Waals surface area contributed by atoms with Crippen molar-refractivity contribution < 1.29 is 24.3 Å². The highest BCUT2D eigenvalue weighted by molar-refractivity contribution is 5.45. The quantitative estimate of drug-likeness (QED) is 0.681. The molecule has 0 aromatic carbocycles. The minimum atomic E-state index is -0.250. The second-order valence-corrected chi connectivity index (χ2v) is 7.62. The van der Waals surface area contributed by atoms with E-state index in [2.05, 4.69) is 19.9 Å². The molecule has 0 spiro atoms. The van der Waals surface area contributed by atoms with Crippen LogP contribution in [-0.4, -0.2) is 77.3 Å². The molecule has 4 heterocycles. The molecule has 2 aliphatic rings. The molecule has 0 aliphatic carbocycles. The summed E-state index contributed by atoms with van der Waals surface area (Å²) in [5, 5.41) is 20.6. The third-order valence-electron chi connectivity index (χ3n) is 5.52. The highest BCUT2D eigenvalue weighted by Crippen LogP contribution is 2.28. The molecule has 2 fully saturated rings. The lowest BCUT2D eigenvalue weighted by molar-refractivity contribution is -0.122. The van der Waals surface area contributed by atoms with Gasteiger partial charge in [-0.2, -0.15) is 4.98 Å². The number of hydrogen-bond acceptors (Lipinski definition) is 9. The number of aliphatic hydroxyl groups excluding tert-OH is 1. The van der Waals surface area contributed by atoms with Crippen LogP contribution in [0.4, 0.5) is 11.8 Å². The number of aryl methyl sites for hydroxylation is 1. The predicted molar refractivity (Wildman–Crippen MR) is 110 cm³/mol. The van der Waals surface area contributed by atoms with Gasteiger partial charge in [-0.1, -0.05) is 5.16 Å². The number of carboxylic acid groups (broad SMARTS) is 1. The number of piperidine rings is 1. The molecule has 10 heteroatoms. The van der Waals surface area contributed by atoms with Crippen LogP contribution in [0.3, 0.4) is 0 Å². The first-order valence-corrected chi connectivity index (χ1v) is 10.1. The zero-order valence-electron chi connectivity index (χ0n) is 17.3. The monoisotopic (exact) mass is 419 g/mol. The van der Waals surface area contributed by atoms with Crippen LogP contribution in [0.1, 0.15) is 24.3 Å². The van der Waals surface area contributed by atoms with Crippen molar-refractivity contribution in [3.05, 3.63) is 29.8 Å². The molecule has 10 nitrogen and oxygen atoms in total. The highest BCUT2D eigenvalue weighted by Gasteiger charge is 2.35. The Hall–Kier alpha value is -2.72. The van der Waals surface area contributed by atoms with Crippen molar-refractivity contribution in [2.75, 3.05) is 43.1 Å². The van der Waals surface area contributed by atoms with Gasteiger partial charge < -0.3 is 29.3 Å². The van der Waals surface area contributed by atoms with Gasteiger partial charge in [-0.05, 0) is 25.8 Å². The van der Waals surface area contributed by atoms with E-state index in [0.29, 0.717) is 5.92 Å². The van der Waals surface area contributed by atoms with Crippen LogP contribution in [0.2, 0.25) is 0 Å². The van der Waals surface area contributed by atoms with Crippen LogP contribution in [0.5, 0.6) is 0 Å². The molecule has 2 aromatic heterocycles. The van der Waals surface area contributed by atoms with Crippen LogP contribution < -0.4 is 9.80 Å². The zero-order chi connectivity index (χ0) is 21.5. The van der Waals surface area contributed by atoms with Crippen LogP contribution in [0.25, 0.3) is 0 Å². The second-order valence-electron chi connectivity index (χ2n) is 7.62. The van der Waals surface area contributed by atoms with Crippen molar-refractivity contribution in [2.24, 2.45) is 5.92 Å². The lowest BCUT2D eigenvalue weighted by Gasteiger charge is -2.31. The Morgan fingerprint density at radius 2 is 2.03 bits per heavy atom. The molecule has 2 aromatic rings. The van der Waals surface area contributed by atoms with E-state index in [1.54, 1.807) is 7.11 Å². The van der Waals surface area contributed by atoms with Gasteiger partial charge in [0, 0.05) is 57.9 Å². The maximum atomic E-state index is 9.72. The summed E-state index contributed by atoms with van der Waals surface area (Å²) in [6, 6.07) is 3.93. The molecule has 164 valence electrons. The van der Waals surface area contributed by atoms with Crippen molar-refractivity contribution in [1.82, 2.24) is 15.1 Å². The third-order valence-corrected chi connectivity index (χ3v) is 5.52. The van der Waals surface area contributed by atoms with Gasteiger partial charge in [0.25, 0.3) is 6.47 Å². The largest absolute Gasteiger partial charge is 0.483 e. The Kier molecular flexibility index (Phi) is 7.58. The number of carbonyl (C=O) groups is 1. The van der Waals surface area contributed by atoms with Gasteiger partial charge in [0.1, 0.15) is 11.6 Å². The standard InChI is InChI=1S/C19H27N5O3.CH2O2/c1-13-9-16(27-22-13)10-14-11-24(12-17(14)26-2)19-20-6-3-18(21-19)23-7-4-15(25)5-8-23;2-1-3/h3,6,9,14-15,17,25H,4-5,7-8,10-12H2,1-2H3;1H,(H,2,3)/t14-,17+;/m1./s1. The van der Waals surface area contributed by atoms with Crippen molar-refractivity contribution in [1.29, 1.82) is 0 Å². The van der Waals surface area contributed by atoms with Crippen LogP contribution >= 0.6 is 0 Å². The fourth-order valence-corrected chi connectivity index (χ4v) is 4.00. The third kappa shape index (κ3) is 5.45. The van der Waals surface area contributed by atoms with Gasteiger partial charge in [-0.15, -0.1) is 0 Å². The van der Waals surface area contributed by atoms with Gasteiger partial charge in [-0.25, -0.2) is 4.98 Å². The minimum absolute atomic E-state index is 0.104. The van der Waals surface area contributed by atoms with Gasteiger partial charge in [0.2, 0.25) is 5.95 Å². The number of hydrogen-bond donors (Lipinski definition) is 2. The van der Waals surface area contributed by atoms with Crippen LogP contribution in [0, 0.1) is 12.8 Å². The van der Waals surface area contributed by atoms with Crippen LogP contribution in [0.15, 0.2) is 22.9 Å². The molecule has 2 atom stereocenters. The summed E-state index contributed by atoms with van der Waals surface area (Å²) in [6.45, 7) is 4.91. The van der Waals surface area contributed by atoms with Gasteiger partial charge >= 0.3 is 0 Å². The fraction of sp³-hybridized carbons (Fsp3) is 0.600. The molecule has 0 unspecified atom stereocenters. The number of methoxy groups -OCH3 is 1. The average Bonchev–Trinajstić information content (AvgIpc) is 3.35. The van der Waals surface area contributed by atoms with E-state index in [9.17, 15) is 5.11 Å². The Morgan fingerprint density at radius 3 is 2.67 bits per heavy atom. The summed E-state index contributed by atoms with van der Waals surface area (Å²) in [4.78, 5) is 22.0. The van der Waals surface area contributed by atoms with E-state index in [0.717, 1.165) is 68.7 Å². The molecule has 0 radical (unpaired) electrons. The summed E-state index contributed by atoms with van der Waals surface area (Å²) in [5.41, 5.74) is 0.900. The number of aromatic nitrogens is 3. The topological polar surface area (TPSA) is 125 Å². The predicted octanol–water partition coefficient (Wildman–Crippen LogP) is 1.13. The Balaban J connectivity index is 0.000000806. The number of rotatable bonds is 5. The molecule has 0 amide bonds. The molecule has 4 rings (SSSR count). The van der Waals surface area contributed by atoms with Gasteiger partial charge in [-0.3, -0.25) is 4.79 Å². The molecule has 2 aliphatic heterocycles. The summed E-state index contributed by atoms with van der Waals surface area (Å²) < 4.78 is 11.1. The SMILES string of the molecule is CO[C@H]1CN(c2nccc(N3CCC(O)CC3)n2)C[C@H]1Cc1cc(C)no1.O=CO. The van der Waals surface area contributed by atoms with Crippen molar-refractivity contribution in [2.45, 2.75) is 38.4 Å². The molecule has 2 N–H and O–H groups in total. The van der Waals surface area contributed by atoms with E-state index in [1.807, 2.05) is 25.3 Å². The Labute approximate surface area is 175 Å². The minimum Gasteiger partial charge on any atom is -0.483 e. The smallest absolute Gasteiger partial charge is 0.290 e. The normalized spacial score (nSPS) is 22.0. The summed E-state index contributed by atoms with van der Waals surface area (Å²) in [6.07, 6.45) is 4.09. The Morgan fingerprint density at radius 1 is 1.30 bits per heavy atom. The molecule has 0 bridgehead atoms. The second kappa shape index (κ2) is 10.4. The van der Waals surface area contributed by atoms with E-state index in [4.69, 9.17) is 24.1 Å². The number of aliphatic hydroxyl groups is 1. The summed E-state index contributed by atoms with van der Waals surface area (Å²) in [7, 11) is 1.75. The first-order valence-electron chi connectivity index (χ1n) is 10.1. The van der Waals surface area contributed by atoms with Crippen molar-refractivity contribution in [3.8, 4) is 0 Å². The molecular weight excluding hydrogens is 390 g/mol. The number of ether oxygens (including phenoxy) is 1. The van der Waals surface area contributed by atoms with E-state index in [1.165, 1.54) is 0 Å². The molecule has 30 heavy (non-hydrogen) atoms. The average molecular weight is 419 g/mol. The maximum absolute atomic E-state index is 9.72. The molecule has 2 saturated heterocycles. The van der Waals surface area contributed by atoms with Gasteiger partial charge in [0.05, 0.1) is 17.9 Å². The lowest BCUT2D eigenvalue weighted by Crippen LogP contribution is -2.36.